The number of nitrogens with one attached hydrogen (secondary N) is 1. The Labute approximate surface area is 113 Å². The van der Waals surface area contributed by atoms with Crippen molar-refractivity contribution in [2.24, 2.45) is 17.6 Å². The Morgan fingerprint density at radius 3 is 2.63 bits per heavy atom. The zero-order valence-electron chi connectivity index (χ0n) is 11.5. The summed E-state index contributed by atoms with van der Waals surface area (Å²) in [5, 5.41) is 12.2. The number of carboxylic acids is 1. The van der Waals surface area contributed by atoms with Crippen LogP contribution in [0, 0.1) is 11.8 Å². The van der Waals surface area contributed by atoms with Gasteiger partial charge in [-0.05, 0) is 37.5 Å². The third-order valence-corrected chi connectivity index (χ3v) is 4.43. The van der Waals surface area contributed by atoms with Crippen LogP contribution in [0.3, 0.4) is 0 Å². The highest BCUT2D eigenvalue weighted by Crippen LogP contribution is 2.34. The Morgan fingerprint density at radius 2 is 2.11 bits per heavy atom. The number of amides is 1. The third-order valence-electron chi connectivity index (χ3n) is 4.43. The minimum atomic E-state index is -1.07. The van der Waals surface area contributed by atoms with Gasteiger partial charge in [-0.3, -0.25) is 4.79 Å². The normalized spacial score (nSPS) is 32.6. The first-order valence-electron chi connectivity index (χ1n) is 7.23. The summed E-state index contributed by atoms with van der Waals surface area (Å²) in [7, 11) is 0. The molecule has 1 amide bonds. The lowest BCUT2D eigenvalue weighted by Gasteiger charge is -2.37. The Bertz CT molecular complexity index is 368. The van der Waals surface area contributed by atoms with Crippen LogP contribution in [0.1, 0.15) is 51.9 Å². The van der Waals surface area contributed by atoms with E-state index in [-0.39, 0.29) is 18.4 Å². The minimum Gasteiger partial charge on any atom is -0.480 e. The first-order valence-corrected chi connectivity index (χ1v) is 7.23. The second kappa shape index (κ2) is 5.49. The Morgan fingerprint density at radius 1 is 1.42 bits per heavy atom. The highest BCUT2D eigenvalue weighted by atomic mass is 16.4. The van der Waals surface area contributed by atoms with Crippen LogP contribution in [0.2, 0.25) is 0 Å². The van der Waals surface area contributed by atoms with Gasteiger partial charge in [0.25, 0.3) is 0 Å². The maximum Gasteiger partial charge on any atom is 0.329 e. The van der Waals surface area contributed by atoms with E-state index in [9.17, 15) is 14.7 Å². The average Bonchev–Trinajstić information content (AvgIpc) is 3.11. The molecule has 19 heavy (non-hydrogen) atoms. The summed E-state index contributed by atoms with van der Waals surface area (Å²) in [6, 6.07) is -0.119. The van der Waals surface area contributed by atoms with Crippen molar-refractivity contribution in [2.45, 2.75) is 63.5 Å². The first kappa shape index (κ1) is 14.3. The molecule has 0 aromatic rings. The number of nitrogens with two attached hydrogens (primary N) is 1. The van der Waals surface area contributed by atoms with Crippen molar-refractivity contribution >= 4 is 11.9 Å². The Kier molecular flexibility index (Phi) is 4.13. The van der Waals surface area contributed by atoms with E-state index in [4.69, 9.17) is 5.73 Å². The van der Waals surface area contributed by atoms with Crippen molar-refractivity contribution < 1.29 is 14.7 Å². The van der Waals surface area contributed by atoms with E-state index in [0.717, 1.165) is 25.7 Å². The fourth-order valence-corrected chi connectivity index (χ4v) is 3.14. The fraction of sp³-hybridized carbons (Fsp3) is 0.857. The van der Waals surface area contributed by atoms with Gasteiger partial charge in [-0.1, -0.05) is 19.8 Å². The molecule has 0 bridgehead atoms. The smallest absolute Gasteiger partial charge is 0.329 e. The number of carbonyl (C=O) groups excluding carboxylic acids is 1. The van der Waals surface area contributed by atoms with Gasteiger partial charge < -0.3 is 16.2 Å². The minimum absolute atomic E-state index is 0.119. The van der Waals surface area contributed by atoms with E-state index < -0.39 is 11.5 Å². The molecule has 0 radical (unpaired) electrons. The lowest BCUT2D eigenvalue weighted by atomic mass is 9.76. The quantitative estimate of drug-likeness (QED) is 0.700. The molecular weight excluding hydrogens is 244 g/mol. The summed E-state index contributed by atoms with van der Waals surface area (Å²) < 4.78 is 0. The zero-order valence-corrected chi connectivity index (χ0v) is 11.5. The van der Waals surface area contributed by atoms with Crippen LogP contribution in [0.15, 0.2) is 0 Å². The number of hydrogen-bond acceptors (Lipinski definition) is 3. The molecule has 0 aromatic heterocycles. The summed E-state index contributed by atoms with van der Waals surface area (Å²) >= 11 is 0. The summed E-state index contributed by atoms with van der Waals surface area (Å²) in [4.78, 5) is 23.6. The Hall–Kier alpha value is -1.10. The van der Waals surface area contributed by atoms with Crippen molar-refractivity contribution in [3.05, 3.63) is 0 Å². The average molecular weight is 268 g/mol. The van der Waals surface area contributed by atoms with Crippen LogP contribution in [0.5, 0.6) is 0 Å². The van der Waals surface area contributed by atoms with Crippen LogP contribution in [-0.2, 0) is 9.59 Å². The second-order valence-electron chi connectivity index (χ2n) is 6.34. The standard InChI is InChI=1S/C14H24N2O3/c1-9-3-2-6-14(8-9,13(18)19)16-12(17)7-11(15)10-4-5-10/h9-11H,2-8,15H2,1H3,(H,16,17)(H,18,19). The predicted molar refractivity (Wildman–Crippen MR) is 71.5 cm³/mol. The molecule has 108 valence electrons. The lowest BCUT2D eigenvalue weighted by Crippen LogP contribution is -2.57. The van der Waals surface area contributed by atoms with E-state index >= 15 is 0 Å². The van der Waals surface area contributed by atoms with Gasteiger partial charge >= 0.3 is 5.97 Å². The van der Waals surface area contributed by atoms with Crippen molar-refractivity contribution in [3.63, 3.8) is 0 Å². The molecule has 2 saturated carbocycles. The fourth-order valence-electron chi connectivity index (χ4n) is 3.14. The van der Waals surface area contributed by atoms with Gasteiger partial charge in [-0.25, -0.2) is 4.79 Å². The lowest BCUT2D eigenvalue weighted by molar-refractivity contribution is -0.150. The molecule has 2 fully saturated rings. The molecule has 2 aliphatic rings. The van der Waals surface area contributed by atoms with Crippen LogP contribution < -0.4 is 11.1 Å². The summed E-state index contributed by atoms with van der Waals surface area (Å²) in [5.41, 5.74) is 4.85. The molecule has 0 heterocycles. The van der Waals surface area contributed by atoms with Gasteiger partial charge in [0.15, 0.2) is 0 Å². The largest absolute Gasteiger partial charge is 0.480 e. The highest BCUT2D eigenvalue weighted by Gasteiger charge is 2.43. The second-order valence-corrected chi connectivity index (χ2v) is 6.34. The van der Waals surface area contributed by atoms with E-state index in [0.29, 0.717) is 24.7 Å². The molecule has 5 heteroatoms. The Balaban J connectivity index is 1.95. The molecule has 4 N–H and O–H groups in total. The summed E-state index contributed by atoms with van der Waals surface area (Å²) in [6.45, 7) is 2.04. The van der Waals surface area contributed by atoms with Gasteiger partial charge in [0.2, 0.25) is 5.91 Å². The molecule has 0 aromatic carbocycles. The maximum atomic E-state index is 12.0. The van der Waals surface area contributed by atoms with E-state index in [1.807, 2.05) is 6.92 Å². The highest BCUT2D eigenvalue weighted by molar-refractivity contribution is 5.87. The van der Waals surface area contributed by atoms with Crippen LogP contribution in [0.25, 0.3) is 0 Å². The number of aliphatic carboxylic acids is 1. The van der Waals surface area contributed by atoms with E-state index in [1.54, 1.807) is 0 Å². The SMILES string of the molecule is CC1CCCC(NC(=O)CC(N)C2CC2)(C(=O)O)C1. The summed E-state index contributed by atoms with van der Waals surface area (Å²) in [5.74, 6) is -0.331. The van der Waals surface area contributed by atoms with Crippen LogP contribution >= 0.6 is 0 Å². The van der Waals surface area contributed by atoms with Crippen molar-refractivity contribution in [1.29, 1.82) is 0 Å². The number of hydrogen-bond donors (Lipinski definition) is 3. The van der Waals surface area contributed by atoms with Crippen molar-refractivity contribution in [1.82, 2.24) is 5.32 Å². The molecule has 2 aliphatic carbocycles. The summed E-state index contributed by atoms with van der Waals surface area (Å²) in [6.07, 6.45) is 5.36. The van der Waals surface area contributed by atoms with Crippen LogP contribution in [0.4, 0.5) is 0 Å². The molecule has 0 saturated heterocycles. The third kappa shape index (κ3) is 3.47. The number of rotatable bonds is 5. The molecule has 3 unspecified atom stereocenters. The van der Waals surface area contributed by atoms with Crippen molar-refractivity contribution in [2.75, 3.05) is 0 Å². The predicted octanol–water partition coefficient (Wildman–Crippen LogP) is 1.26. The molecule has 3 atom stereocenters. The topological polar surface area (TPSA) is 92.4 Å². The van der Waals surface area contributed by atoms with Gasteiger partial charge in [0.1, 0.15) is 5.54 Å². The number of carboxylic acid groups (broad SMARTS) is 1. The number of carbonyl (C=O) groups is 2. The van der Waals surface area contributed by atoms with Gasteiger partial charge in [-0.15, -0.1) is 0 Å². The van der Waals surface area contributed by atoms with E-state index in [2.05, 4.69) is 5.32 Å². The van der Waals surface area contributed by atoms with Crippen molar-refractivity contribution in [3.8, 4) is 0 Å². The molecule has 2 rings (SSSR count). The first-order chi connectivity index (χ1) is 8.93. The van der Waals surface area contributed by atoms with Gasteiger partial charge in [0.05, 0.1) is 0 Å². The van der Waals surface area contributed by atoms with Gasteiger partial charge in [-0.2, -0.15) is 0 Å². The molecular formula is C14H24N2O3. The van der Waals surface area contributed by atoms with Crippen LogP contribution in [-0.4, -0.2) is 28.6 Å². The van der Waals surface area contributed by atoms with Gasteiger partial charge in [0, 0.05) is 12.5 Å². The molecule has 5 nitrogen and oxygen atoms in total. The van der Waals surface area contributed by atoms with E-state index in [1.165, 1.54) is 0 Å². The molecule has 0 spiro atoms. The maximum absolute atomic E-state index is 12.0. The molecule has 0 aliphatic heterocycles. The monoisotopic (exact) mass is 268 g/mol. The zero-order chi connectivity index (χ0) is 14.0.